The molecule has 0 saturated carbocycles. The van der Waals surface area contributed by atoms with Crippen molar-refractivity contribution in [3.05, 3.63) is 58.6 Å². The second kappa shape index (κ2) is 5.29. The van der Waals surface area contributed by atoms with E-state index < -0.39 is 23.7 Å². The molecule has 3 nitrogen and oxygen atoms in total. The molecule has 0 saturated heterocycles. The molecule has 0 aliphatic heterocycles. The maximum absolute atomic E-state index is 13.6. The SMILES string of the molecule is CC(OC(=O)c1cc2ccsc2[nH]1)c1cc(F)ccc1F. The fourth-order valence-electron chi connectivity index (χ4n) is 2.07. The van der Waals surface area contributed by atoms with E-state index in [1.165, 1.54) is 18.3 Å². The lowest BCUT2D eigenvalue weighted by atomic mass is 10.1. The molecule has 0 amide bonds. The average Bonchev–Trinajstić information content (AvgIpc) is 3.02. The highest BCUT2D eigenvalue weighted by Gasteiger charge is 2.19. The minimum atomic E-state index is -0.880. The van der Waals surface area contributed by atoms with E-state index in [-0.39, 0.29) is 5.56 Å². The molecule has 6 heteroatoms. The van der Waals surface area contributed by atoms with Gasteiger partial charge in [-0.25, -0.2) is 13.6 Å². The van der Waals surface area contributed by atoms with E-state index in [2.05, 4.69) is 4.98 Å². The summed E-state index contributed by atoms with van der Waals surface area (Å²) < 4.78 is 32.0. The lowest BCUT2D eigenvalue weighted by molar-refractivity contribution is 0.0325. The number of fused-ring (bicyclic) bond motifs is 1. The number of benzene rings is 1. The molecule has 0 aliphatic carbocycles. The Hall–Kier alpha value is -2.21. The number of aromatic amines is 1. The molecule has 0 fully saturated rings. The molecule has 21 heavy (non-hydrogen) atoms. The van der Waals surface area contributed by atoms with Gasteiger partial charge in [0.15, 0.2) is 0 Å². The lowest BCUT2D eigenvalue weighted by Crippen LogP contribution is -2.11. The summed E-state index contributed by atoms with van der Waals surface area (Å²) in [6, 6.07) is 6.61. The highest BCUT2D eigenvalue weighted by atomic mass is 32.1. The van der Waals surface area contributed by atoms with Gasteiger partial charge in [-0.05, 0) is 42.6 Å². The van der Waals surface area contributed by atoms with Crippen molar-refractivity contribution in [1.29, 1.82) is 0 Å². The van der Waals surface area contributed by atoms with Crippen LogP contribution >= 0.6 is 11.3 Å². The number of hydrogen-bond donors (Lipinski definition) is 1. The van der Waals surface area contributed by atoms with Gasteiger partial charge in [0, 0.05) is 10.9 Å². The van der Waals surface area contributed by atoms with Crippen LogP contribution in [0.5, 0.6) is 0 Å². The largest absolute Gasteiger partial charge is 0.453 e. The Bertz CT molecular complexity index is 780. The molecule has 0 aliphatic rings. The molecule has 2 heterocycles. The fraction of sp³-hybridized carbons (Fsp3) is 0.133. The molecule has 0 spiro atoms. The van der Waals surface area contributed by atoms with E-state index >= 15 is 0 Å². The number of carbonyl (C=O) groups excluding carboxylic acids is 1. The van der Waals surface area contributed by atoms with E-state index in [1.807, 2.05) is 11.4 Å². The summed E-state index contributed by atoms with van der Waals surface area (Å²) in [4.78, 5) is 15.8. The van der Waals surface area contributed by atoms with Gasteiger partial charge in [0.25, 0.3) is 0 Å². The number of thiophene rings is 1. The Balaban J connectivity index is 1.80. The van der Waals surface area contributed by atoms with Gasteiger partial charge in [0.2, 0.25) is 0 Å². The maximum atomic E-state index is 13.6. The topological polar surface area (TPSA) is 42.1 Å². The lowest BCUT2D eigenvalue weighted by Gasteiger charge is -2.13. The highest BCUT2D eigenvalue weighted by molar-refractivity contribution is 7.16. The zero-order chi connectivity index (χ0) is 15.0. The molecule has 108 valence electrons. The first kappa shape index (κ1) is 13.8. The summed E-state index contributed by atoms with van der Waals surface area (Å²) >= 11 is 1.47. The Morgan fingerprint density at radius 3 is 2.86 bits per heavy atom. The third kappa shape index (κ3) is 2.67. The van der Waals surface area contributed by atoms with Crippen molar-refractivity contribution in [3.63, 3.8) is 0 Å². The van der Waals surface area contributed by atoms with E-state index in [0.29, 0.717) is 5.69 Å². The number of esters is 1. The monoisotopic (exact) mass is 307 g/mol. The summed E-state index contributed by atoms with van der Waals surface area (Å²) in [5, 5.41) is 2.82. The van der Waals surface area contributed by atoms with Gasteiger partial charge in [0.05, 0.1) is 0 Å². The van der Waals surface area contributed by atoms with Crippen LogP contribution in [0.25, 0.3) is 10.2 Å². The summed E-state index contributed by atoms with van der Waals surface area (Å²) in [7, 11) is 0. The van der Waals surface area contributed by atoms with Crippen molar-refractivity contribution < 1.29 is 18.3 Å². The normalized spacial score (nSPS) is 12.5. The molecule has 1 aromatic carbocycles. The van der Waals surface area contributed by atoms with Gasteiger partial charge in [-0.2, -0.15) is 0 Å². The van der Waals surface area contributed by atoms with Crippen LogP contribution in [0.1, 0.15) is 29.1 Å². The van der Waals surface area contributed by atoms with E-state index in [0.717, 1.165) is 28.4 Å². The van der Waals surface area contributed by atoms with Gasteiger partial charge in [-0.15, -0.1) is 11.3 Å². The van der Waals surface area contributed by atoms with Gasteiger partial charge >= 0.3 is 5.97 Å². The van der Waals surface area contributed by atoms with Gasteiger partial charge in [0.1, 0.15) is 28.3 Å². The van der Waals surface area contributed by atoms with Crippen LogP contribution in [-0.2, 0) is 4.74 Å². The van der Waals surface area contributed by atoms with Crippen LogP contribution in [0.2, 0.25) is 0 Å². The first-order valence-electron chi connectivity index (χ1n) is 6.27. The molecule has 2 aromatic heterocycles. The van der Waals surface area contributed by atoms with Crippen molar-refractivity contribution in [3.8, 4) is 0 Å². The number of hydrogen-bond acceptors (Lipinski definition) is 3. The van der Waals surface area contributed by atoms with Crippen LogP contribution in [0, 0.1) is 11.6 Å². The van der Waals surface area contributed by atoms with E-state index in [4.69, 9.17) is 4.74 Å². The van der Waals surface area contributed by atoms with Crippen molar-refractivity contribution in [2.24, 2.45) is 0 Å². The zero-order valence-electron chi connectivity index (χ0n) is 11.0. The van der Waals surface area contributed by atoms with Crippen LogP contribution in [0.4, 0.5) is 8.78 Å². The first-order chi connectivity index (χ1) is 10.0. The summed E-state index contributed by atoms with van der Waals surface area (Å²) in [6.07, 6.45) is -0.880. The molecular formula is C15H11F2NO2S. The van der Waals surface area contributed by atoms with Crippen molar-refractivity contribution in [1.82, 2.24) is 4.98 Å². The molecule has 3 aromatic rings. The van der Waals surface area contributed by atoms with Crippen molar-refractivity contribution in [2.45, 2.75) is 13.0 Å². The van der Waals surface area contributed by atoms with Crippen molar-refractivity contribution in [2.75, 3.05) is 0 Å². The number of ether oxygens (including phenoxy) is 1. The number of aromatic nitrogens is 1. The number of H-pyrrole nitrogens is 1. The van der Waals surface area contributed by atoms with Crippen LogP contribution in [-0.4, -0.2) is 11.0 Å². The summed E-state index contributed by atoms with van der Waals surface area (Å²) in [5.41, 5.74) is 0.303. The van der Waals surface area contributed by atoms with E-state index in [1.54, 1.807) is 6.07 Å². The van der Waals surface area contributed by atoms with Gasteiger partial charge in [-0.3, -0.25) is 0 Å². The third-order valence-corrected chi connectivity index (χ3v) is 3.99. The Labute approximate surface area is 123 Å². The molecule has 1 N–H and O–H groups in total. The molecular weight excluding hydrogens is 296 g/mol. The fourth-order valence-corrected chi connectivity index (χ4v) is 2.85. The molecule has 3 rings (SSSR count). The summed E-state index contributed by atoms with van der Waals surface area (Å²) in [5.74, 6) is -1.78. The van der Waals surface area contributed by atoms with E-state index in [9.17, 15) is 13.6 Å². The molecule has 1 atom stereocenters. The Morgan fingerprint density at radius 2 is 2.10 bits per heavy atom. The quantitative estimate of drug-likeness (QED) is 0.728. The maximum Gasteiger partial charge on any atom is 0.355 e. The average molecular weight is 307 g/mol. The Morgan fingerprint density at radius 1 is 1.29 bits per heavy atom. The number of carbonyl (C=O) groups is 1. The number of rotatable bonds is 3. The third-order valence-electron chi connectivity index (χ3n) is 3.14. The van der Waals surface area contributed by atoms with Gasteiger partial charge < -0.3 is 9.72 Å². The number of nitrogens with one attached hydrogen (secondary N) is 1. The molecule has 0 radical (unpaired) electrons. The second-order valence-corrected chi connectivity index (χ2v) is 5.52. The highest BCUT2D eigenvalue weighted by Crippen LogP contribution is 2.25. The van der Waals surface area contributed by atoms with Crippen LogP contribution in [0.3, 0.4) is 0 Å². The van der Waals surface area contributed by atoms with Crippen molar-refractivity contribution >= 4 is 27.5 Å². The smallest absolute Gasteiger partial charge is 0.355 e. The van der Waals surface area contributed by atoms with Crippen LogP contribution < -0.4 is 0 Å². The van der Waals surface area contributed by atoms with Crippen LogP contribution in [0.15, 0.2) is 35.7 Å². The molecule has 0 bridgehead atoms. The minimum absolute atomic E-state index is 0.0109. The summed E-state index contributed by atoms with van der Waals surface area (Å²) in [6.45, 7) is 1.50. The second-order valence-electron chi connectivity index (χ2n) is 4.60. The minimum Gasteiger partial charge on any atom is -0.453 e. The standard InChI is InChI=1S/C15H11F2NO2S/c1-8(11-7-10(16)2-3-12(11)17)20-15(19)13-6-9-4-5-21-14(9)18-13/h2-8,18H,1H3. The number of halogens is 2. The predicted molar refractivity (Wildman–Crippen MR) is 76.4 cm³/mol. The first-order valence-corrected chi connectivity index (χ1v) is 7.14. The zero-order valence-corrected chi connectivity index (χ0v) is 11.8. The Kier molecular flexibility index (Phi) is 3.47. The van der Waals surface area contributed by atoms with Gasteiger partial charge in [-0.1, -0.05) is 0 Å². The molecule has 1 unspecified atom stereocenters. The predicted octanol–water partition coefficient (Wildman–Crippen LogP) is 4.43.